The van der Waals surface area contributed by atoms with Crippen molar-refractivity contribution in [2.45, 2.75) is 150 Å². The fraction of sp³-hybridized carbons (Fsp3) is 0.610. The van der Waals surface area contributed by atoms with Crippen molar-refractivity contribution >= 4 is 23.9 Å². The Balaban J connectivity index is 2.71. The van der Waals surface area contributed by atoms with Crippen LogP contribution in [0.2, 0.25) is 0 Å². The molecule has 4 atom stereocenters. The number of nitrogens with one attached hydrogen (secondary N) is 2. The number of nitrogens with zero attached hydrogens (tertiary/aromatic N) is 1. The molecule has 4 unspecified atom stereocenters. The van der Waals surface area contributed by atoms with E-state index in [4.69, 9.17) is 9.47 Å². The molecule has 0 radical (unpaired) electrons. The van der Waals surface area contributed by atoms with E-state index >= 15 is 0 Å². The zero-order valence-corrected chi connectivity index (χ0v) is 32.5. The molecule has 2 aromatic rings. The van der Waals surface area contributed by atoms with E-state index in [2.05, 4.69) is 17.6 Å². The molecule has 9 heteroatoms. The van der Waals surface area contributed by atoms with Crippen LogP contribution in [0.3, 0.4) is 0 Å². The lowest BCUT2D eigenvalue weighted by molar-refractivity contribution is -0.159. The number of hydrogen-bond donors (Lipinski definition) is 2. The highest BCUT2D eigenvalue weighted by Gasteiger charge is 2.40. The molecule has 0 spiro atoms. The summed E-state index contributed by atoms with van der Waals surface area (Å²) in [6, 6.07) is 12.3. The maximum Gasteiger partial charge on any atom is 0.408 e. The molecule has 2 N–H and O–H groups in total. The topological polar surface area (TPSA) is 114 Å². The van der Waals surface area contributed by atoms with Crippen LogP contribution >= 0.6 is 0 Å². The predicted molar refractivity (Wildman–Crippen MR) is 200 cm³/mol. The Hall–Kier alpha value is -3.88. The molecular weight excluding hydrogens is 630 g/mol. The molecule has 0 saturated heterocycles. The first-order valence-corrected chi connectivity index (χ1v) is 18.3. The minimum atomic E-state index is -1.08. The van der Waals surface area contributed by atoms with Crippen LogP contribution in [0.4, 0.5) is 4.79 Å². The number of esters is 1. The van der Waals surface area contributed by atoms with Gasteiger partial charge >= 0.3 is 12.1 Å². The summed E-state index contributed by atoms with van der Waals surface area (Å²) in [5, 5.41) is 5.86. The average Bonchev–Trinajstić information content (AvgIpc) is 3.02. The molecule has 278 valence electrons. The largest absolute Gasteiger partial charge is 0.458 e. The predicted octanol–water partition coefficient (Wildman–Crippen LogP) is 8.15. The van der Waals surface area contributed by atoms with Gasteiger partial charge < -0.3 is 25.0 Å². The van der Waals surface area contributed by atoms with Gasteiger partial charge in [0.05, 0.1) is 0 Å². The van der Waals surface area contributed by atoms with E-state index in [0.717, 1.165) is 42.4 Å². The van der Waals surface area contributed by atoms with Gasteiger partial charge in [0.25, 0.3) is 0 Å². The molecule has 50 heavy (non-hydrogen) atoms. The van der Waals surface area contributed by atoms with Gasteiger partial charge in [0.1, 0.15) is 29.3 Å². The third-order valence-electron chi connectivity index (χ3n) is 8.52. The Kier molecular flexibility index (Phi) is 16.5. The molecule has 2 rings (SSSR count). The summed E-state index contributed by atoms with van der Waals surface area (Å²) in [6.07, 6.45) is 4.80. The van der Waals surface area contributed by atoms with E-state index in [1.165, 1.54) is 0 Å². The Bertz CT molecular complexity index is 1400. The first-order chi connectivity index (χ1) is 23.4. The van der Waals surface area contributed by atoms with Crippen LogP contribution in [0.5, 0.6) is 0 Å². The number of aryl methyl sites for hydroxylation is 2. The number of unbranched alkanes of at least 4 members (excludes halogenated alkanes) is 4. The summed E-state index contributed by atoms with van der Waals surface area (Å²) in [5.41, 5.74) is 1.73. The molecule has 0 aliphatic heterocycles. The van der Waals surface area contributed by atoms with Crippen LogP contribution in [0.25, 0.3) is 0 Å². The van der Waals surface area contributed by atoms with E-state index in [9.17, 15) is 19.2 Å². The number of amides is 3. The summed E-state index contributed by atoms with van der Waals surface area (Å²) in [6.45, 7) is 20.8. The van der Waals surface area contributed by atoms with Crippen LogP contribution in [0, 0.1) is 19.8 Å². The van der Waals surface area contributed by atoms with Crippen molar-refractivity contribution in [3.8, 4) is 0 Å². The van der Waals surface area contributed by atoms with Crippen LogP contribution in [0.15, 0.2) is 48.5 Å². The minimum absolute atomic E-state index is 0.210. The SMILES string of the molecule is CCCCCCCN(C(=O)C(NC(=O)OC(C)(C)C)C(C)CC)C(C(=O)NC(Cc1ccccc1)C(=O)OC(C)(C)C)c1cc(C)ccc1C. The van der Waals surface area contributed by atoms with Gasteiger partial charge in [0, 0.05) is 13.0 Å². The number of carbonyl (C=O) groups excluding carboxylic acids is 4. The van der Waals surface area contributed by atoms with Gasteiger partial charge in [0.15, 0.2) is 0 Å². The van der Waals surface area contributed by atoms with Gasteiger partial charge in [0.2, 0.25) is 11.8 Å². The second-order valence-electron chi connectivity index (χ2n) is 15.5. The molecule has 0 saturated carbocycles. The molecule has 0 bridgehead atoms. The first kappa shape index (κ1) is 42.3. The van der Waals surface area contributed by atoms with Crippen molar-refractivity contribution in [1.29, 1.82) is 0 Å². The van der Waals surface area contributed by atoms with E-state index < -0.39 is 47.3 Å². The van der Waals surface area contributed by atoms with Gasteiger partial charge in [-0.2, -0.15) is 0 Å². The molecule has 9 nitrogen and oxygen atoms in total. The van der Waals surface area contributed by atoms with E-state index in [-0.39, 0.29) is 24.8 Å². The summed E-state index contributed by atoms with van der Waals surface area (Å²) < 4.78 is 11.4. The second-order valence-corrected chi connectivity index (χ2v) is 15.5. The fourth-order valence-corrected chi connectivity index (χ4v) is 5.72. The number of rotatable bonds is 17. The molecule has 0 aromatic heterocycles. The molecule has 0 aliphatic rings. The highest BCUT2D eigenvalue weighted by molar-refractivity contribution is 5.94. The lowest BCUT2D eigenvalue weighted by atomic mass is 9.93. The Morgan fingerprint density at radius 1 is 0.800 bits per heavy atom. The third kappa shape index (κ3) is 14.2. The second kappa shape index (κ2) is 19.5. The monoisotopic (exact) mass is 693 g/mol. The highest BCUT2D eigenvalue weighted by Crippen LogP contribution is 2.29. The summed E-state index contributed by atoms with van der Waals surface area (Å²) >= 11 is 0. The van der Waals surface area contributed by atoms with Crippen molar-refractivity contribution in [3.05, 3.63) is 70.8 Å². The van der Waals surface area contributed by atoms with Crippen molar-refractivity contribution in [2.24, 2.45) is 5.92 Å². The van der Waals surface area contributed by atoms with E-state index in [0.29, 0.717) is 18.4 Å². The van der Waals surface area contributed by atoms with Gasteiger partial charge in [-0.25, -0.2) is 9.59 Å². The maximum absolute atomic E-state index is 14.9. The number of ether oxygens (including phenoxy) is 2. The lowest BCUT2D eigenvalue weighted by Crippen LogP contribution is -2.56. The fourth-order valence-electron chi connectivity index (χ4n) is 5.72. The van der Waals surface area contributed by atoms with Crippen molar-refractivity contribution in [3.63, 3.8) is 0 Å². The van der Waals surface area contributed by atoms with Gasteiger partial charge in [-0.15, -0.1) is 0 Å². The zero-order valence-electron chi connectivity index (χ0n) is 32.5. The summed E-state index contributed by atoms with van der Waals surface area (Å²) in [4.78, 5) is 58.0. The molecule has 2 aromatic carbocycles. The van der Waals surface area contributed by atoms with Crippen molar-refractivity contribution < 1.29 is 28.7 Å². The number of carbonyl (C=O) groups is 4. The molecular formula is C41H63N3O6. The molecule has 0 fully saturated rings. The molecule has 0 heterocycles. The maximum atomic E-state index is 14.9. The summed E-state index contributed by atoms with van der Waals surface area (Å²) in [7, 11) is 0. The van der Waals surface area contributed by atoms with Crippen LogP contribution in [-0.2, 0) is 30.3 Å². The van der Waals surface area contributed by atoms with E-state index in [1.54, 1.807) is 46.4 Å². The smallest absolute Gasteiger partial charge is 0.408 e. The van der Waals surface area contributed by atoms with Crippen molar-refractivity contribution in [2.75, 3.05) is 6.54 Å². The Morgan fingerprint density at radius 3 is 2.00 bits per heavy atom. The molecule has 0 aliphatic carbocycles. The first-order valence-electron chi connectivity index (χ1n) is 18.3. The number of alkyl carbamates (subject to hydrolysis) is 1. The van der Waals surface area contributed by atoms with Gasteiger partial charge in [-0.05, 0) is 84.4 Å². The quantitative estimate of drug-likeness (QED) is 0.128. The Labute approximate surface area is 301 Å². The summed E-state index contributed by atoms with van der Waals surface area (Å²) in [5.74, 6) is -1.69. The number of hydrogen-bond acceptors (Lipinski definition) is 6. The zero-order chi connectivity index (χ0) is 37.6. The average molecular weight is 694 g/mol. The standard InChI is InChI=1S/C41H63N3O6/c1-12-14-15-16-20-25-44(37(46)34(29(4)13-2)43-39(48)50-41(9,10)11)35(32-26-28(3)23-24-30(32)5)36(45)42-33(38(47)49-40(6,7)8)27-31-21-18-17-19-22-31/h17-19,21-24,26,29,33-35H,12-16,20,25,27H2,1-11H3,(H,42,45)(H,43,48). The minimum Gasteiger partial charge on any atom is -0.458 e. The normalized spacial score (nSPS) is 14.1. The van der Waals surface area contributed by atoms with E-state index in [1.807, 2.05) is 76.2 Å². The molecule has 3 amide bonds. The van der Waals surface area contributed by atoms with Crippen LogP contribution in [0.1, 0.15) is 129 Å². The van der Waals surface area contributed by atoms with Crippen LogP contribution < -0.4 is 10.6 Å². The third-order valence-corrected chi connectivity index (χ3v) is 8.52. The highest BCUT2D eigenvalue weighted by atomic mass is 16.6. The van der Waals surface area contributed by atoms with Gasteiger partial charge in [-0.1, -0.05) is 107 Å². The lowest BCUT2D eigenvalue weighted by Gasteiger charge is -2.37. The number of benzene rings is 2. The van der Waals surface area contributed by atoms with Crippen molar-refractivity contribution in [1.82, 2.24) is 15.5 Å². The Morgan fingerprint density at radius 2 is 1.42 bits per heavy atom. The van der Waals surface area contributed by atoms with Gasteiger partial charge in [-0.3, -0.25) is 9.59 Å². The van der Waals surface area contributed by atoms with Crippen LogP contribution in [-0.4, -0.2) is 58.6 Å².